The molecule has 4 aliphatic rings. The monoisotopic (exact) mass is 218 g/mol. The Morgan fingerprint density at radius 1 is 1.31 bits per heavy atom. The van der Waals surface area contributed by atoms with E-state index in [9.17, 15) is 4.79 Å². The van der Waals surface area contributed by atoms with Crippen LogP contribution in [0, 0.1) is 17.8 Å². The summed E-state index contributed by atoms with van der Waals surface area (Å²) in [5.41, 5.74) is 1.57. The fraction of sp³-hybridized carbons (Fsp3) is 0.786. The smallest absolute Gasteiger partial charge is 0.313 e. The Kier molecular flexibility index (Phi) is 1.68. The van der Waals surface area contributed by atoms with Crippen LogP contribution in [0.5, 0.6) is 0 Å². The van der Waals surface area contributed by atoms with Gasteiger partial charge in [-0.3, -0.25) is 4.79 Å². The average Bonchev–Trinajstić information content (AvgIpc) is 3.02. The number of rotatable bonds is 0. The molecule has 0 amide bonds. The number of fused-ring (bicyclic) bond motifs is 3. The molecule has 2 saturated carbocycles. The van der Waals surface area contributed by atoms with Gasteiger partial charge in [-0.1, -0.05) is 18.1 Å². The minimum Gasteiger partial charge on any atom is -0.458 e. The second-order valence-corrected chi connectivity index (χ2v) is 6.04. The van der Waals surface area contributed by atoms with E-state index in [-0.39, 0.29) is 17.5 Å². The highest BCUT2D eigenvalue weighted by molar-refractivity contribution is 5.79. The second kappa shape index (κ2) is 2.91. The molecule has 1 saturated heterocycles. The van der Waals surface area contributed by atoms with Gasteiger partial charge in [-0.25, -0.2) is 0 Å². The van der Waals surface area contributed by atoms with Gasteiger partial charge in [0.1, 0.15) is 5.60 Å². The summed E-state index contributed by atoms with van der Waals surface area (Å²) in [6.45, 7) is 0. The van der Waals surface area contributed by atoms with Crippen LogP contribution in [0.4, 0.5) is 0 Å². The highest BCUT2D eigenvalue weighted by atomic mass is 16.6. The molecule has 0 aromatic rings. The first-order chi connectivity index (χ1) is 7.78. The highest BCUT2D eigenvalue weighted by Gasteiger charge is 2.63. The predicted octanol–water partition coefficient (Wildman–Crippen LogP) is 2.83. The van der Waals surface area contributed by atoms with Gasteiger partial charge in [0.15, 0.2) is 0 Å². The molecule has 2 nitrogen and oxygen atoms in total. The molecule has 16 heavy (non-hydrogen) atoms. The highest BCUT2D eigenvalue weighted by Crippen LogP contribution is 2.59. The van der Waals surface area contributed by atoms with Crippen molar-refractivity contribution in [3.8, 4) is 0 Å². The maximum absolute atomic E-state index is 11.9. The number of hydrogen-bond acceptors (Lipinski definition) is 2. The van der Waals surface area contributed by atoms with E-state index in [0.29, 0.717) is 5.92 Å². The molecule has 86 valence electrons. The largest absolute Gasteiger partial charge is 0.458 e. The molecule has 3 aliphatic carbocycles. The zero-order valence-electron chi connectivity index (χ0n) is 9.58. The summed E-state index contributed by atoms with van der Waals surface area (Å²) >= 11 is 0. The Bertz CT molecular complexity index is 378. The van der Waals surface area contributed by atoms with E-state index in [4.69, 9.17) is 4.74 Å². The van der Waals surface area contributed by atoms with Crippen molar-refractivity contribution in [2.24, 2.45) is 17.8 Å². The average molecular weight is 218 g/mol. The van der Waals surface area contributed by atoms with Crippen LogP contribution in [0.1, 0.15) is 44.9 Å². The standard InChI is InChI=1S/C14H18O2/c15-13-11-7-9-3-1-2-4-10(9)8-12(11)14(16-13)5-6-14/h7,10-12H,1-6,8H2/t10?,11-,12+/m1/s1. The third kappa shape index (κ3) is 1.11. The predicted molar refractivity (Wildman–Crippen MR) is 59.7 cm³/mol. The Morgan fingerprint density at radius 3 is 3.00 bits per heavy atom. The molecular formula is C14H18O2. The van der Waals surface area contributed by atoms with Gasteiger partial charge >= 0.3 is 5.97 Å². The molecule has 1 spiro atoms. The molecule has 1 unspecified atom stereocenters. The molecule has 3 atom stereocenters. The van der Waals surface area contributed by atoms with Crippen LogP contribution in [-0.4, -0.2) is 11.6 Å². The van der Waals surface area contributed by atoms with Crippen molar-refractivity contribution < 1.29 is 9.53 Å². The minimum atomic E-state index is 0.00122. The van der Waals surface area contributed by atoms with Crippen molar-refractivity contribution in [3.63, 3.8) is 0 Å². The summed E-state index contributed by atoms with van der Waals surface area (Å²) in [4.78, 5) is 11.9. The van der Waals surface area contributed by atoms with Gasteiger partial charge in [-0.2, -0.15) is 0 Å². The molecule has 0 bridgehead atoms. The van der Waals surface area contributed by atoms with Gasteiger partial charge in [0.05, 0.1) is 5.92 Å². The molecule has 0 radical (unpaired) electrons. The van der Waals surface area contributed by atoms with Crippen molar-refractivity contribution in [1.29, 1.82) is 0 Å². The molecule has 0 aromatic heterocycles. The maximum atomic E-state index is 11.9. The summed E-state index contributed by atoms with van der Waals surface area (Å²) in [7, 11) is 0. The number of esters is 1. The Hall–Kier alpha value is -0.790. The summed E-state index contributed by atoms with van der Waals surface area (Å²) < 4.78 is 5.63. The number of carbonyl (C=O) groups excluding carboxylic acids is 1. The van der Waals surface area contributed by atoms with Crippen LogP contribution < -0.4 is 0 Å². The van der Waals surface area contributed by atoms with Gasteiger partial charge in [-0.05, 0) is 44.4 Å². The first-order valence-electron chi connectivity index (χ1n) is 6.72. The SMILES string of the molecule is O=C1OC2(CC2)[C@H]2CC3CCCCC3=C[C@@H]12. The fourth-order valence-corrected chi connectivity index (χ4v) is 4.11. The quantitative estimate of drug-likeness (QED) is 0.461. The van der Waals surface area contributed by atoms with Crippen molar-refractivity contribution in [2.75, 3.05) is 0 Å². The van der Waals surface area contributed by atoms with Crippen LogP contribution in [0.25, 0.3) is 0 Å². The zero-order chi connectivity index (χ0) is 10.8. The zero-order valence-corrected chi connectivity index (χ0v) is 9.58. The maximum Gasteiger partial charge on any atom is 0.313 e. The van der Waals surface area contributed by atoms with Crippen LogP contribution >= 0.6 is 0 Å². The third-order valence-corrected chi connectivity index (χ3v) is 5.15. The van der Waals surface area contributed by atoms with E-state index >= 15 is 0 Å². The molecule has 2 heteroatoms. The molecule has 0 aromatic carbocycles. The lowest BCUT2D eigenvalue weighted by atomic mass is 9.68. The van der Waals surface area contributed by atoms with E-state index in [2.05, 4.69) is 6.08 Å². The summed E-state index contributed by atoms with van der Waals surface area (Å²) in [5, 5.41) is 0. The summed E-state index contributed by atoms with van der Waals surface area (Å²) in [6, 6.07) is 0. The van der Waals surface area contributed by atoms with E-state index in [1.54, 1.807) is 5.57 Å². The normalized spacial score (nSPS) is 43.4. The molecule has 1 heterocycles. The molecule has 1 aliphatic heterocycles. The number of allylic oxidation sites excluding steroid dienone is 1. The van der Waals surface area contributed by atoms with Crippen LogP contribution in [0.15, 0.2) is 11.6 Å². The Labute approximate surface area is 96.0 Å². The van der Waals surface area contributed by atoms with E-state index in [0.717, 1.165) is 18.8 Å². The lowest BCUT2D eigenvalue weighted by molar-refractivity contribution is -0.144. The van der Waals surface area contributed by atoms with Crippen molar-refractivity contribution in [1.82, 2.24) is 0 Å². The number of carbonyl (C=O) groups is 1. The van der Waals surface area contributed by atoms with Gasteiger partial charge in [0.2, 0.25) is 0 Å². The van der Waals surface area contributed by atoms with Crippen molar-refractivity contribution in [3.05, 3.63) is 11.6 Å². The van der Waals surface area contributed by atoms with Gasteiger partial charge in [0, 0.05) is 5.92 Å². The number of hydrogen-bond donors (Lipinski definition) is 0. The van der Waals surface area contributed by atoms with Crippen LogP contribution in [0.2, 0.25) is 0 Å². The van der Waals surface area contributed by atoms with E-state index < -0.39 is 0 Å². The second-order valence-electron chi connectivity index (χ2n) is 6.04. The van der Waals surface area contributed by atoms with Crippen molar-refractivity contribution in [2.45, 2.75) is 50.5 Å². The molecule has 4 rings (SSSR count). The van der Waals surface area contributed by atoms with Crippen molar-refractivity contribution >= 4 is 5.97 Å². The third-order valence-electron chi connectivity index (χ3n) is 5.15. The first-order valence-corrected chi connectivity index (χ1v) is 6.72. The fourth-order valence-electron chi connectivity index (χ4n) is 4.11. The van der Waals surface area contributed by atoms with E-state index in [1.165, 1.54) is 32.1 Å². The van der Waals surface area contributed by atoms with Gasteiger partial charge in [0.25, 0.3) is 0 Å². The minimum absolute atomic E-state index is 0.00122. The number of ether oxygens (including phenoxy) is 1. The molecule has 3 fully saturated rings. The topological polar surface area (TPSA) is 26.3 Å². The lowest BCUT2D eigenvalue weighted by Crippen LogP contribution is -2.30. The molecular weight excluding hydrogens is 200 g/mol. The first kappa shape index (κ1) is 9.26. The summed E-state index contributed by atoms with van der Waals surface area (Å²) in [5.74, 6) is 1.49. The van der Waals surface area contributed by atoms with Gasteiger partial charge < -0.3 is 4.74 Å². The molecule has 0 N–H and O–H groups in total. The van der Waals surface area contributed by atoms with E-state index in [1.807, 2.05) is 0 Å². The lowest BCUT2D eigenvalue weighted by Gasteiger charge is -2.34. The van der Waals surface area contributed by atoms with Gasteiger partial charge in [-0.15, -0.1) is 0 Å². The van der Waals surface area contributed by atoms with Crippen LogP contribution in [-0.2, 0) is 9.53 Å². The Balaban J connectivity index is 1.71. The summed E-state index contributed by atoms with van der Waals surface area (Å²) in [6.07, 6.45) is 11.0. The van der Waals surface area contributed by atoms with Crippen LogP contribution in [0.3, 0.4) is 0 Å². The Morgan fingerprint density at radius 2 is 2.19 bits per heavy atom.